The summed E-state index contributed by atoms with van der Waals surface area (Å²) in [6.45, 7) is 0.663. The molecule has 0 saturated heterocycles. The molecule has 1 aromatic carbocycles. The van der Waals surface area contributed by atoms with Crippen molar-refractivity contribution in [1.82, 2.24) is 10.3 Å². The second-order valence-corrected chi connectivity index (χ2v) is 5.20. The number of benzene rings is 1. The fourth-order valence-corrected chi connectivity index (χ4v) is 2.04. The first-order valence-electron chi connectivity index (χ1n) is 6.52. The summed E-state index contributed by atoms with van der Waals surface area (Å²) in [6.07, 6.45) is 5.77. The summed E-state index contributed by atoms with van der Waals surface area (Å²) in [5, 5.41) is 3.44. The molecule has 1 heterocycles. The number of rotatable bonds is 5. The van der Waals surface area contributed by atoms with Crippen molar-refractivity contribution < 1.29 is 9.13 Å². The molecule has 0 aliphatic heterocycles. The molecule has 2 aromatic rings. The molecular weight excluding hydrogens is 279 g/mol. The van der Waals surface area contributed by atoms with E-state index in [1.807, 2.05) is 0 Å². The van der Waals surface area contributed by atoms with E-state index >= 15 is 0 Å². The van der Waals surface area contributed by atoms with Crippen LogP contribution in [0.3, 0.4) is 0 Å². The second kappa shape index (κ2) is 5.77. The van der Waals surface area contributed by atoms with Gasteiger partial charge in [-0.2, -0.15) is 0 Å². The molecular formula is C15H14ClFN2O. The number of pyridine rings is 1. The fraction of sp³-hybridized carbons (Fsp3) is 0.267. The van der Waals surface area contributed by atoms with Gasteiger partial charge in [-0.15, -0.1) is 0 Å². The summed E-state index contributed by atoms with van der Waals surface area (Å²) in [5.41, 5.74) is 0.902. The Bertz CT molecular complexity index is 617. The Balaban J connectivity index is 1.80. The van der Waals surface area contributed by atoms with E-state index in [0.717, 1.165) is 5.56 Å². The van der Waals surface area contributed by atoms with E-state index in [-0.39, 0.29) is 10.8 Å². The number of nitrogens with one attached hydrogen (secondary N) is 1. The van der Waals surface area contributed by atoms with Crippen LogP contribution in [-0.2, 0) is 6.54 Å². The van der Waals surface area contributed by atoms with Crippen molar-refractivity contribution >= 4 is 11.6 Å². The number of ether oxygens (including phenoxy) is 1. The summed E-state index contributed by atoms with van der Waals surface area (Å²) in [5.74, 6) is 0.165. The third-order valence-corrected chi connectivity index (χ3v) is 3.45. The number of nitrogens with zero attached hydrogens (tertiary/aromatic N) is 1. The smallest absolute Gasteiger partial charge is 0.184 e. The first-order chi connectivity index (χ1) is 9.74. The summed E-state index contributed by atoms with van der Waals surface area (Å²) in [7, 11) is 0. The van der Waals surface area contributed by atoms with Crippen molar-refractivity contribution in [3.05, 3.63) is 53.1 Å². The molecule has 1 N–H and O–H groups in total. The van der Waals surface area contributed by atoms with E-state index in [2.05, 4.69) is 10.3 Å². The average Bonchev–Trinajstić information content (AvgIpc) is 3.27. The van der Waals surface area contributed by atoms with Crippen molar-refractivity contribution in [2.75, 3.05) is 0 Å². The van der Waals surface area contributed by atoms with Gasteiger partial charge in [0.1, 0.15) is 5.75 Å². The van der Waals surface area contributed by atoms with Crippen LogP contribution >= 0.6 is 11.6 Å². The van der Waals surface area contributed by atoms with Gasteiger partial charge in [0.2, 0.25) is 0 Å². The van der Waals surface area contributed by atoms with Crippen LogP contribution in [0.25, 0.3) is 0 Å². The summed E-state index contributed by atoms with van der Waals surface area (Å²) in [4.78, 5) is 4.09. The van der Waals surface area contributed by atoms with E-state index in [0.29, 0.717) is 18.3 Å². The number of aromatic nitrogens is 1. The standard InChI is InChI=1S/C15H14ClFN2O/c16-12-2-1-3-14(15(12)17)20-13-6-7-18-8-10(13)9-19-11-4-5-11/h1-3,6-8,11,19H,4-5,9H2. The van der Waals surface area contributed by atoms with Crippen molar-refractivity contribution in [1.29, 1.82) is 0 Å². The highest BCUT2D eigenvalue weighted by Crippen LogP contribution is 2.30. The first kappa shape index (κ1) is 13.3. The number of hydrogen-bond donors (Lipinski definition) is 1. The minimum atomic E-state index is -0.549. The van der Waals surface area contributed by atoms with Gasteiger partial charge in [0.25, 0.3) is 0 Å². The second-order valence-electron chi connectivity index (χ2n) is 4.79. The molecule has 104 valence electrons. The van der Waals surface area contributed by atoms with Crippen LogP contribution in [0, 0.1) is 5.82 Å². The number of halogens is 2. The summed E-state index contributed by atoms with van der Waals surface area (Å²) >= 11 is 5.75. The van der Waals surface area contributed by atoms with Gasteiger partial charge >= 0.3 is 0 Å². The fourth-order valence-electron chi connectivity index (χ4n) is 1.87. The molecule has 0 atom stereocenters. The van der Waals surface area contributed by atoms with Crippen LogP contribution in [0.5, 0.6) is 11.5 Å². The van der Waals surface area contributed by atoms with Gasteiger partial charge in [-0.3, -0.25) is 4.98 Å². The Morgan fingerprint density at radius 3 is 2.95 bits per heavy atom. The lowest BCUT2D eigenvalue weighted by atomic mass is 10.2. The van der Waals surface area contributed by atoms with Crippen LogP contribution in [0.2, 0.25) is 5.02 Å². The minimum absolute atomic E-state index is 0.0502. The largest absolute Gasteiger partial charge is 0.454 e. The molecule has 5 heteroatoms. The molecule has 1 fully saturated rings. The Morgan fingerprint density at radius 2 is 2.15 bits per heavy atom. The lowest BCUT2D eigenvalue weighted by Gasteiger charge is -2.12. The molecule has 3 rings (SSSR count). The van der Waals surface area contributed by atoms with Gasteiger partial charge in [-0.1, -0.05) is 17.7 Å². The highest BCUT2D eigenvalue weighted by atomic mass is 35.5. The molecule has 0 spiro atoms. The van der Waals surface area contributed by atoms with Gasteiger partial charge in [0, 0.05) is 30.5 Å². The molecule has 1 aliphatic rings. The summed E-state index contributed by atoms with van der Waals surface area (Å²) in [6, 6.07) is 7.02. The zero-order valence-electron chi connectivity index (χ0n) is 10.8. The molecule has 0 amide bonds. The lowest BCUT2D eigenvalue weighted by Crippen LogP contribution is -2.15. The van der Waals surface area contributed by atoms with E-state index in [1.165, 1.54) is 18.9 Å². The Kier molecular flexibility index (Phi) is 3.85. The van der Waals surface area contributed by atoms with Gasteiger partial charge in [0.15, 0.2) is 11.6 Å². The van der Waals surface area contributed by atoms with Gasteiger partial charge < -0.3 is 10.1 Å². The minimum Gasteiger partial charge on any atom is -0.454 e. The van der Waals surface area contributed by atoms with E-state index < -0.39 is 5.82 Å². The van der Waals surface area contributed by atoms with Crippen LogP contribution in [0.1, 0.15) is 18.4 Å². The van der Waals surface area contributed by atoms with Crippen LogP contribution in [-0.4, -0.2) is 11.0 Å². The normalized spacial score (nSPS) is 14.3. The molecule has 3 nitrogen and oxygen atoms in total. The van der Waals surface area contributed by atoms with Crippen LogP contribution < -0.4 is 10.1 Å². The van der Waals surface area contributed by atoms with Gasteiger partial charge in [0.05, 0.1) is 5.02 Å². The molecule has 1 aliphatic carbocycles. The maximum absolute atomic E-state index is 13.9. The topological polar surface area (TPSA) is 34.1 Å². The maximum Gasteiger partial charge on any atom is 0.184 e. The first-order valence-corrected chi connectivity index (χ1v) is 6.90. The predicted molar refractivity (Wildman–Crippen MR) is 75.6 cm³/mol. The highest BCUT2D eigenvalue weighted by Gasteiger charge is 2.21. The SMILES string of the molecule is Fc1c(Cl)cccc1Oc1ccncc1CNC1CC1. The summed E-state index contributed by atoms with van der Waals surface area (Å²) < 4.78 is 19.5. The van der Waals surface area contributed by atoms with Crippen LogP contribution in [0.4, 0.5) is 4.39 Å². The zero-order valence-corrected chi connectivity index (χ0v) is 11.5. The van der Waals surface area contributed by atoms with Crippen molar-refractivity contribution in [3.63, 3.8) is 0 Å². The maximum atomic E-state index is 13.9. The van der Waals surface area contributed by atoms with Gasteiger partial charge in [-0.05, 0) is 31.0 Å². The quantitative estimate of drug-likeness (QED) is 0.907. The molecule has 0 radical (unpaired) electrons. The monoisotopic (exact) mass is 292 g/mol. The Morgan fingerprint density at radius 1 is 1.30 bits per heavy atom. The zero-order chi connectivity index (χ0) is 13.9. The van der Waals surface area contributed by atoms with Crippen molar-refractivity contribution in [2.45, 2.75) is 25.4 Å². The Labute approximate surface area is 121 Å². The Hall–Kier alpha value is -1.65. The molecule has 1 saturated carbocycles. The molecule has 0 unspecified atom stereocenters. The highest BCUT2D eigenvalue weighted by molar-refractivity contribution is 6.30. The van der Waals surface area contributed by atoms with Crippen molar-refractivity contribution in [2.24, 2.45) is 0 Å². The molecule has 1 aromatic heterocycles. The number of hydrogen-bond acceptors (Lipinski definition) is 3. The third-order valence-electron chi connectivity index (χ3n) is 3.15. The predicted octanol–water partition coefficient (Wildman–Crippen LogP) is 3.92. The van der Waals surface area contributed by atoms with E-state index in [1.54, 1.807) is 30.6 Å². The average molecular weight is 293 g/mol. The van der Waals surface area contributed by atoms with Crippen molar-refractivity contribution in [3.8, 4) is 11.5 Å². The third kappa shape index (κ3) is 3.08. The molecule has 0 bridgehead atoms. The van der Waals surface area contributed by atoms with E-state index in [4.69, 9.17) is 16.3 Å². The molecule has 20 heavy (non-hydrogen) atoms. The van der Waals surface area contributed by atoms with Crippen LogP contribution in [0.15, 0.2) is 36.7 Å². The lowest BCUT2D eigenvalue weighted by molar-refractivity contribution is 0.435. The van der Waals surface area contributed by atoms with Gasteiger partial charge in [-0.25, -0.2) is 4.39 Å². The van der Waals surface area contributed by atoms with E-state index in [9.17, 15) is 4.39 Å².